The number of carbonyl (C=O) groups is 1. The van der Waals surface area contributed by atoms with Gasteiger partial charge in [-0.15, -0.1) is 0 Å². The molecule has 0 saturated carbocycles. The van der Waals surface area contributed by atoms with Gasteiger partial charge >= 0.3 is 12.3 Å². The lowest BCUT2D eigenvalue weighted by atomic mass is 10.2. The Morgan fingerprint density at radius 2 is 1.86 bits per heavy atom. The monoisotopic (exact) mass is 500 g/mol. The van der Waals surface area contributed by atoms with E-state index in [9.17, 15) is 26.7 Å². The Balaban J connectivity index is 1.90. The Bertz CT molecular complexity index is 1160. The van der Waals surface area contributed by atoms with E-state index in [1.807, 2.05) is 0 Å². The van der Waals surface area contributed by atoms with Crippen molar-refractivity contribution >= 4 is 17.4 Å². The molecular formula is C22H21F5N4O4. The van der Waals surface area contributed by atoms with E-state index in [2.05, 4.69) is 20.0 Å². The summed E-state index contributed by atoms with van der Waals surface area (Å²) in [6.07, 6.45) is -7.45. The molecule has 1 amide bonds. The minimum atomic E-state index is -5.09. The van der Waals surface area contributed by atoms with Crippen molar-refractivity contribution in [3.8, 4) is 17.2 Å². The van der Waals surface area contributed by atoms with Gasteiger partial charge in [0.1, 0.15) is 11.6 Å². The summed E-state index contributed by atoms with van der Waals surface area (Å²) in [4.78, 5) is 22.2. The number of pyridine rings is 1. The Labute approximate surface area is 196 Å². The fourth-order valence-electron chi connectivity index (χ4n) is 2.93. The molecule has 0 aliphatic heterocycles. The normalized spacial score (nSPS) is 11.9. The van der Waals surface area contributed by atoms with Crippen LogP contribution in [0.2, 0.25) is 0 Å². The van der Waals surface area contributed by atoms with Gasteiger partial charge in [-0.05, 0) is 24.3 Å². The zero-order chi connectivity index (χ0) is 25.8. The summed E-state index contributed by atoms with van der Waals surface area (Å²) >= 11 is 0. The van der Waals surface area contributed by atoms with E-state index in [4.69, 9.17) is 9.15 Å². The molecule has 0 aliphatic rings. The lowest BCUT2D eigenvalue weighted by Crippen LogP contribution is -2.23. The molecule has 0 aliphatic carbocycles. The van der Waals surface area contributed by atoms with Gasteiger partial charge in [0, 0.05) is 27.6 Å². The summed E-state index contributed by atoms with van der Waals surface area (Å²) in [5.74, 6) is -3.56. The van der Waals surface area contributed by atoms with Crippen LogP contribution in [0.15, 0.2) is 47.0 Å². The molecule has 2 aromatic heterocycles. The number of alkyl halides is 5. The second-order valence-electron chi connectivity index (χ2n) is 7.37. The molecule has 0 bridgehead atoms. The van der Waals surface area contributed by atoms with Crippen molar-refractivity contribution in [2.75, 3.05) is 37.5 Å². The Morgan fingerprint density at radius 1 is 1.14 bits per heavy atom. The molecule has 0 spiro atoms. The number of hydrogen-bond donors (Lipinski definition) is 1. The minimum Gasteiger partial charge on any atom is -0.432 e. The third-order valence-electron chi connectivity index (χ3n) is 4.53. The Hall–Kier alpha value is -3.74. The second kappa shape index (κ2) is 10.3. The van der Waals surface area contributed by atoms with Crippen LogP contribution in [-0.2, 0) is 10.9 Å². The first kappa shape index (κ1) is 25.9. The van der Waals surface area contributed by atoms with E-state index >= 15 is 0 Å². The second-order valence-corrected chi connectivity index (χ2v) is 7.37. The quantitative estimate of drug-likeness (QED) is 0.410. The number of nitrogens with one attached hydrogen (secondary N) is 1. The number of methoxy groups -OCH3 is 1. The van der Waals surface area contributed by atoms with Crippen LogP contribution in [0.25, 0.3) is 11.5 Å². The van der Waals surface area contributed by atoms with E-state index in [1.54, 1.807) is 25.1 Å². The number of ether oxygens (including phenoxy) is 2. The van der Waals surface area contributed by atoms with Gasteiger partial charge in [-0.1, -0.05) is 12.1 Å². The first-order valence-electron chi connectivity index (χ1n) is 10.1. The average Bonchev–Trinajstić information content (AvgIpc) is 3.23. The number of anilines is 2. The molecular weight excluding hydrogens is 479 g/mol. The van der Waals surface area contributed by atoms with Gasteiger partial charge in [-0.2, -0.15) is 22.0 Å². The summed E-state index contributed by atoms with van der Waals surface area (Å²) in [5.41, 5.74) is -1.26. The van der Waals surface area contributed by atoms with E-state index in [0.717, 1.165) is 6.07 Å². The molecule has 188 valence electrons. The number of aromatic nitrogens is 2. The van der Waals surface area contributed by atoms with Crippen molar-refractivity contribution in [3.05, 3.63) is 54.0 Å². The maximum atomic E-state index is 13.6. The van der Waals surface area contributed by atoms with Gasteiger partial charge in [0.2, 0.25) is 11.7 Å². The maximum Gasteiger partial charge on any atom is 0.452 e. The van der Waals surface area contributed by atoms with Crippen LogP contribution < -0.4 is 15.0 Å². The topological polar surface area (TPSA) is 89.7 Å². The molecule has 3 rings (SSSR count). The lowest BCUT2D eigenvalue weighted by molar-refractivity contribution is -0.159. The van der Waals surface area contributed by atoms with Crippen molar-refractivity contribution in [2.45, 2.75) is 19.2 Å². The van der Waals surface area contributed by atoms with Crippen LogP contribution in [0.3, 0.4) is 0 Å². The lowest BCUT2D eigenvalue weighted by Gasteiger charge is -2.17. The fraction of sp³-hybridized carbons (Fsp3) is 0.318. The van der Waals surface area contributed by atoms with Gasteiger partial charge in [-0.25, -0.2) is 9.97 Å². The van der Waals surface area contributed by atoms with Crippen molar-refractivity contribution < 1.29 is 40.6 Å². The fourth-order valence-corrected chi connectivity index (χ4v) is 2.93. The van der Waals surface area contributed by atoms with E-state index in [1.165, 1.54) is 30.5 Å². The smallest absolute Gasteiger partial charge is 0.432 e. The van der Waals surface area contributed by atoms with E-state index in [0.29, 0.717) is 25.9 Å². The molecule has 0 atom stereocenters. The number of carbonyl (C=O) groups excluding carboxylic acids is 1. The van der Waals surface area contributed by atoms with Gasteiger partial charge < -0.3 is 24.1 Å². The molecule has 1 aromatic carbocycles. The molecule has 13 heteroatoms. The molecule has 0 saturated heterocycles. The van der Waals surface area contributed by atoms with Gasteiger partial charge in [0.25, 0.3) is 5.91 Å². The number of nitrogens with zero attached hydrogens (tertiary/aromatic N) is 3. The third kappa shape index (κ3) is 6.66. The SMILES string of the molecule is COCCN(C)c1ccc(NC(=O)c2nc(-c3ccccc3OC(C)(F)F)oc2C(F)(F)F)cn1. The van der Waals surface area contributed by atoms with Crippen LogP contribution >= 0.6 is 0 Å². The molecule has 0 radical (unpaired) electrons. The van der Waals surface area contributed by atoms with Crippen LogP contribution in [0.5, 0.6) is 5.75 Å². The molecule has 8 nitrogen and oxygen atoms in total. The van der Waals surface area contributed by atoms with Gasteiger partial charge in [0.05, 0.1) is 24.1 Å². The predicted molar refractivity (Wildman–Crippen MR) is 116 cm³/mol. The summed E-state index contributed by atoms with van der Waals surface area (Å²) in [5, 5.41) is 2.28. The average molecular weight is 500 g/mol. The Kier molecular flexibility index (Phi) is 7.58. The highest BCUT2D eigenvalue weighted by Crippen LogP contribution is 2.39. The highest BCUT2D eigenvalue weighted by atomic mass is 19.4. The zero-order valence-corrected chi connectivity index (χ0v) is 18.8. The van der Waals surface area contributed by atoms with E-state index in [-0.39, 0.29) is 11.3 Å². The molecule has 0 unspecified atom stereocenters. The third-order valence-corrected chi connectivity index (χ3v) is 4.53. The van der Waals surface area contributed by atoms with Gasteiger partial charge in [-0.3, -0.25) is 4.79 Å². The van der Waals surface area contributed by atoms with Crippen LogP contribution in [0.4, 0.5) is 33.5 Å². The van der Waals surface area contributed by atoms with Crippen molar-refractivity contribution in [1.82, 2.24) is 9.97 Å². The molecule has 35 heavy (non-hydrogen) atoms. The zero-order valence-electron chi connectivity index (χ0n) is 18.8. The highest BCUT2D eigenvalue weighted by molar-refractivity contribution is 6.04. The summed E-state index contributed by atoms with van der Waals surface area (Å²) in [7, 11) is 3.32. The molecule has 1 N–H and O–H groups in total. The number of hydrogen-bond acceptors (Lipinski definition) is 7. The van der Waals surface area contributed by atoms with Crippen molar-refractivity contribution in [3.63, 3.8) is 0 Å². The number of halogens is 5. The summed E-state index contributed by atoms with van der Waals surface area (Å²) in [6.45, 7) is 1.46. The predicted octanol–water partition coefficient (Wildman–Crippen LogP) is 5.08. The number of rotatable bonds is 9. The number of amides is 1. The number of likely N-dealkylation sites (N-methyl/N-ethyl adjacent to an activating group) is 1. The molecule has 0 fully saturated rings. The maximum absolute atomic E-state index is 13.6. The first-order chi connectivity index (χ1) is 16.4. The van der Waals surface area contributed by atoms with E-state index < -0.39 is 41.3 Å². The standard InChI is InChI=1S/C22H21F5N4O4/c1-21(23,24)35-15-7-5-4-6-14(15)20-30-17(18(34-20)22(25,26)27)19(32)29-13-8-9-16(28-12-13)31(2)10-11-33-3/h4-9,12H,10-11H2,1-3H3,(H,29,32). The van der Waals surface area contributed by atoms with Crippen LogP contribution in [-0.4, -0.2) is 49.3 Å². The van der Waals surface area contributed by atoms with Crippen LogP contribution in [0.1, 0.15) is 23.2 Å². The van der Waals surface area contributed by atoms with Crippen LogP contribution in [0, 0.1) is 0 Å². The highest BCUT2D eigenvalue weighted by Gasteiger charge is 2.42. The van der Waals surface area contributed by atoms with Gasteiger partial charge in [0.15, 0.2) is 5.69 Å². The number of oxazole rings is 1. The summed E-state index contributed by atoms with van der Waals surface area (Å²) in [6, 6.07) is 8.00. The van der Waals surface area contributed by atoms with Crippen molar-refractivity contribution in [1.29, 1.82) is 0 Å². The minimum absolute atomic E-state index is 0.103. The number of benzene rings is 1. The molecule has 2 heterocycles. The largest absolute Gasteiger partial charge is 0.452 e. The summed E-state index contributed by atoms with van der Waals surface area (Å²) < 4.78 is 81.8. The number of para-hydroxylation sites is 1. The molecule has 3 aromatic rings. The Morgan fingerprint density at radius 3 is 2.46 bits per heavy atom. The first-order valence-corrected chi connectivity index (χ1v) is 10.1. The van der Waals surface area contributed by atoms with Crippen molar-refractivity contribution in [2.24, 2.45) is 0 Å².